The van der Waals surface area contributed by atoms with Crippen molar-refractivity contribution in [3.63, 3.8) is 0 Å². The molecule has 0 amide bonds. The molecule has 1 aliphatic rings. The molecule has 0 saturated heterocycles. The molecule has 1 fully saturated rings. The predicted octanol–water partition coefficient (Wildman–Crippen LogP) is 5.46. The van der Waals surface area contributed by atoms with Gasteiger partial charge in [0, 0.05) is 0 Å². The second kappa shape index (κ2) is 9.82. The van der Waals surface area contributed by atoms with Crippen molar-refractivity contribution in [1.29, 1.82) is 0 Å². The molecule has 1 aliphatic carbocycles. The van der Waals surface area contributed by atoms with Crippen LogP contribution < -0.4 is 0 Å². The Balaban J connectivity index is 1.62. The Morgan fingerprint density at radius 1 is 0.867 bits per heavy atom. The van der Waals surface area contributed by atoms with Gasteiger partial charge in [0.05, 0.1) is 0 Å². The molecule has 0 atom stereocenters. The van der Waals surface area contributed by atoms with E-state index in [2.05, 4.69) is 6.92 Å². The van der Waals surface area contributed by atoms with Crippen molar-refractivity contribution in [2.45, 2.75) is 81.2 Å². The normalized spacial score (nSPS) is 15.3. The average molecular weight is 262 g/mol. The summed E-state index contributed by atoms with van der Waals surface area (Å²) in [6.45, 7) is 2.30. The molecule has 0 bridgehead atoms. The fourth-order valence-corrected chi connectivity index (χ4v) is 6.84. The average Bonchev–Trinajstić information content (AvgIpc) is 3.05. The van der Waals surface area contributed by atoms with E-state index in [1.807, 2.05) is 0 Å². The van der Waals surface area contributed by atoms with Gasteiger partial charge in [-0.1, -0.05) is 0 Å². The fraction of sp³-hybridized carbons (Fsp3) is 1.00. The van der Waals surface area contributed by atoms with E-state index in [1.54, 1.807) is 35.7 Å². The summed E-state index contributed by atoms with van der Waals surface area (Å²) in [5, 5.41) is 3.42. The molecule has 1 rings (SSSR count). The van der Waals surface area contributed by atoms with E-state index in [0.717, 1.165) is 0 Å². The van der Waals surface area contributed by atoms with Crippen LogP contribution in [0.2, 0.25) is 10.0 Å². The molecule has 0 nitrogen and oxygen atoms in total. The van der Waals surface area contributed by atoms with Crippen molar-refractivity contribution in [1.82, 2.24) is 0 Å². The van der Waals surface area contributed by atoms with Gasteiger partial charge in [-0.2, -0.15) is 0 Å². The van der Waals surface area contributed by atoms with Crippen LogP contribution in [0.3, 0.4) is 0 Å². The molecular formula is C14H28Zn. The number of hydrogen-bond acceptors (Lipinski definition) is 0. The summed E-state index contributed by atoms with van der Waals surface area (Å²) in [6.07, 6.45) is 15.2. The Morgan fingerprint density at radius 3 is 2.07 bits per heavy atom. The topological polar surface area (TPSA) is 0 Å². The van der Waals surface area contributed by atoms with Crippen LogP contribution in [0, 0.1) is 5.92 Å². The third-order valence-electron chi connectivity index (χ3n) is 3.66. The van der Waals surface area contributed by atoms with Crippen molar-refractivity contribution < 1.29 is 17.1 Å². The van der Waals surface area contributed by atoms with Crippen molar-refractivity contribution in [2.75, 3.05) is 0 Å². The molecule has 0 unspecified atom stereocenters. The molecule has 0 heterocycles. The maximum absolute atomic E-state index is 2.30. The minimum absolute atomic E-state index is 0.0187. The molecule has 0 aromatic rings. The number of rotatable bonds is 11. The number of hydrogen-bond donors (Lipinski definition) is 0. The summed E-state index contributed by atoms with van der Waals surface area (Å²) >= 11 is -0.0187. The quantitative estimate of drug-likeness (QED) is 0.342. The second-order valence-corrected chi connectivity index (χ2v) is 9.59. The Kier molecular flexibility index (Phi) is 8.96. The van der Waals surface area contributed by atoms with Gasteiger partial charge in [0.15, 0.2) is 0 Å². The van der Waals surface area contributed by atoms with Gasteiger partial charge >= 0.3 is 104 Å². The van der Waals surface area contributed by atoms with Gasteiger partial charge in [-0.05, 0) is 0 Å². The van der Waals surface area contributed by atoms with Crippen molar-refractivity contribution in [3.8, 4) is 0 Å². The minimum atomic E-state index is -0.0187. The van der Waals surface area contributed by atoms with Gasteiger partial charge in [-0.25, -0.2) is 0 Å². The molecule has 0 aliphatic heterocycles. The summed E-state index contributed by atoms with van der Waals surface area (Å²) in [7, 11) is 0. The van der Waals surface area contributed by atoms with Crippen LogP contribution in [0.4, 0.5) is 0 Å². The molecule has 0 aromatic carbocycles. The van der Waals surface area contributed by atoms with Crippen LogP contribution in [-0.4, -0.2) is 0 Å². The molecular weight excluding hydrogens is 234 g/mol. The van der Waals surface area contributed by atoms with Gasteiger partial charge in [-0.15, -0.1) is 0 Å². The van der Waals surface area contributed by atoms with Gasteiger partial charge in [0.1, 0.15) is 0 Å². The van der Waals surface area contributed by atoms with E-state index in [9.17, 15) is 0 Å². The van der Waals surface area contributed by atoms with Crippen LogP contribution in [0.15, 0.2) is 0 Å². The molecule has 86 valence electrons. The van der Waals surface area contributed by atoms with E-state index in [-0.39, 0.29) is 17.1 Å². The van der Waals surface area contributed by atoms with E-state index >= 15 is 0 Å². The molecule has 1 saturated carbocycles. The second-order valence-electron chi connectivity index (χ2n) is 5.41. The molecule has 0 radical (unpaired) electrons. The molecule has 15 heavy (non-hydrogen) atoms. The van der Waals surface area contributed by atoms with Crippen molar-refractivity contribution >= 4 is 0 Å². The molecule has 1 heteroatoms. The van der Waals surface area contributed by atoms with E-state index < -0.39 is 0 Å². The Bertz CT molecular complexity index is 129. The van der Waals surface area contributed by atoms with Crippen LogP contribution in [0.5, 0.6) is 0 Å². The van der Waals surface area contributed by atoms with Gasteiger partial charge in [0.2, 0.25) is 0 Å². The number of unbranched alkanes of at least 4 members (excludes halogenated alkanes) is 7. The first kappa shape index (κ1) is 13.7. The van der Waals surface area contributed by atoms with E-state index in [1.165, 1.54) is 44.4 Å². The maximum atomic E-state index is 2.30. The predicted molar refractivity (Wildman–Crippen MR) is 64.9 cm³/mol. The van der Waals surface area contributed by atoms with E-state index in [4.69, 9.17) is 0 Å². The molecule has 0 aromatic heterocycles. The summed E-state index contributed by atoms with van der Waals surface area (Å²) in [5.74, 6) is 1.24. The van der Waals surface area contributed by atoms with Gasteiger partial charge < -0.3 is 0 Å². The Labute approximate surface area is 104 Å². The SMILES string of the molecule is CCCCCCCCC[CH2][Zn][CH2]C1CC1. The Morgan fingerprint density at radius 2 is 1.47 bits per heavy atom. The summed E-state index contributed by atoms with van der Waals surface area (Å²) in [5.41, 5.74) is 0. The monoisotopic (exact) mass is 260 g/mol. The summed E-state index contributed by atoms with van der Waals surface area (Å²) in [6, 6.07) is 0. The van der Waals surface area contributed by atoms with Crippen molar-refractivity contribution in [2.24, 2.45) is 5.92 Å². The zero-order valence-corrected chi connectivity index (χ0v) is 13.7. The molecule has 0 spiro atoms. The summed E-state index contributed by atoms with van der Waals surface area (Å²) < 4.78 is 0. The standard InChI is InChI=1S/C10H21.C4H7.Zn/c1-3-5-7-9-10-8-6-4-2;1-4-2-3-4;/h1,3-10H2,2H3;4H,1-3H2;. The first-order chi connectivity index (χ1) is 7.43. The van der Waals surface area contributed by atoms with Crippen LogP contribution in [0.25, 0.3) is 0 Å². The summed E-state index contributed by atoms with van der Waals surface area (Å²) in [4.78, 5) is 0. The van der Waals surface area contributed by atoms with Crippen LogP contribution in [-0.2, 0) is 17.1 Å². The zero-order chi connectivity index (χ0) is 10.8. The Hall–Kier alpha value is 0.623. The van der Waals surface area contributed by atoms with Gasteiger partial charge in [0.25, 0.3) is 0 Å². The third-order valence-corrected chi connectivity index (χ3v) is 8.33. The first-order valence-corrected chi connectivity index (χ1v) is 11.6. The first-order valence-electron chi connectivity index (χ1n) is 7.43. The van der Waals surface area contributed by atoms with Crippen molar-refractivity contribution in [3.05, 3.63) is 0 Å². The van der Waals surface area contributed by atoms with Crippen LogP contribution in [0.1, 0.15) is 71.1 Å². The van der Waals surface area contributed by atoms with Gasteiger partial charge in [-0.3, -0.25) is 0 Å². The zero-order valence-electron chi connectivity index (χ0n) is 10.8. The van der Waals surface area contributed by atoms with Crippen LogP contribution >= 0.6 is 0 Å². The fourth-order valence-electron chi connectivity index (χ4n) is 2.33. The molecule has 0 N–H and O–H groups in total. The third kappa shape index (κ3) is 9.55. The van der Waals surface area contributed by atoms with E-state index in [0.29, 0.717) is 0 Å².